The van der Waals surface area contributed by atoms with Crippen LogP contribution in [0.5, 0.6) is 0 Å². The van der Waals surface area contributed by atoms with Crippen LogP contribution in [0.2, 0.25) is 0 Å². The number of nitrogens with one attached hydrogen (secondary N) is 1. The van der Waals surface area contributed by atoms with E-state index in [-0.39, 0.29) is 11.9 Å². The fourth-order valence-corrected chi connectivity index (χ4v) is 3.84. The summed E-state index contributed by atoms with van der Waals surface area (Å²) in [5, 5.41) is 7.78. The van der Waals surface area contributed by atoms with E-state index in [1.165, 1.54) is 11.1 Å². The summed E-state index contributed by atoms with van der Waals surface area (Å²) in [6.07, 6.45) is 5.16. The maximum Gasteiger partial charge on any atom is 0.244 e. The molecule has 5 heteroatoms. The van der Waals surface area contributed by atoms with Crippen LogP contribution in [0.15, 0.2) is 85.1 Å². The fourth-order valence-electron chi connectivity index (χ4n) is 3.84. The molecule has 4 aromatic rings. The van der Waals surface area contributed by atoms with Crippen molar-refractivity contribution in [1.82, 2.24) is 20.1 Å². The van der Waals surface area contributed by atoms with Crippen molar-refractivity contribution >= 4 is 12.0 Å². The molecular weight excluding hydrogens is 408 g/mol. The molecule has 0 spiro atoms. The minimum atomic E-state index is -0.323. The number of aryl methyl sites for hydroxylation is 2. The van der Waals surface area contributed by atoms with Gasteiger partial charge in [-0.2, -0.15) is 5.10 Å². The third-order valence-electron chi connectivity index (χ3n) is 5.69. The highest BCUT2D eigenvalue weighted by Gasteiger charge is 2.17. The Morgan fingerprint density at radius 2 is 1.70 bits per heavy atom. The molecule has 1 amide bonds. The lowest BCUT2D eigenvalue weighted by Crippen LogP contribution is -2.28. The van der Waals surface area contributed by atoms with Gasteiger partial charge in [0.05, 0.1) is 24.0 Å². The van der Waals surface area contributed by atoms with Gasteiger partial charge in [-0.05, 0) is 50.1 Å². The minimum absolute atomic E-state index is 0.181. The normalized spacial score (nSPS) is 12.1. The van der Waals surface area contributed by atoms with E-state index >= 15 is 0 Å². The summed E-state index contributed by atoms with van der Waals surface area (Å²) in [7, 11) is 0. The third-order valence-corrected chi connectivity index (χ3v) is 5.69. The van der Waals surface area contributed by atoms with Gasteiger partial charge in [0.1, 0.15) is 0 Å². The van der Waals surface area contributed by atoms with E-state index in [1.54, 1.807) is 12.3 Å². The number of aromatic nitrogens is 3. The van der Waals surface area contributed by atoms with Crippen molar-refractivity contribution in [3.8, 4) is 0 Å². The first-order chi connectivity index (χ1) is 16.0. The minimum Gasteiger partial charge on any atom is -0.340 e. The van der Waals surface area contributed by atoms with E-state index < -0.39 is 0 Å². The van der Waals surface area contributed by atoms with Crippen LogP contribution in [-0.4, -0.2) is 20.7 Å². The topological polar surface area (TPSA) is 59.8 Å². The molecule has 2 heterocycles. The average Bonchev–Trinajstić information content (AvgIpc) is 3.10. The van der Waals surface area contributed by atoms with E-state index in [0.717, 1.165) is 28.2 Å². The number of rotatable bonds is 7. The van der Waals surface area contributed by atoms with Crippen LogP contribution >= 0.6 is 0 Å². The second kappa shape index (κ2) is 10.1. The number of pyridine rings is 1. The molecule has 1 unspecified atom stereocenters. The molecule has 166 valence electrons. The SMILES string of the molecule is Cc1ccc(Cn2nc(C)c(/C=C/C(=O)NC(c3ccccc3)c3ccccn3)c2C)cc1. The molecular formula is C28H28N4O. The molecule has 1 atom stereocenters. The van der Waals surface area contributed by atoms with Crippen LogP contribution < -0.4 is 5.32 Å². The quantitative estimate of drug-likeness (QED) is 0.407. The molecule has 33 heavy (non-hydrogen) atoms. The molecule has 0 aliphatic rings. The summed E-state index contributed by atoms with van der Waals surface area (Å²) in [4.78, 5) is 17.3. The van der Waals surface area contributed by atoms with Gasteiger partial charge in [0.2, 0.25) is 5.91 Å². The number of benzene rings is 2. The summed E-state index contributed by atoms with van der Waals surface area (Å²) in [5.74, 6) is -0.181. The summed E-state index contributed by atoms with van der Waals surface area (Å²) in [5.41, 5.74) is 7.10. The highest BCUT2D eigenvalue weighted by Crippen LogP contribution is 2.21. The van der Waals surface area contributed by atoms with Crippen LogP contribution in [0.25, 0.3) is 6.08 Å². The molecule has 0 aliphatic carbocycles. The monoisotopic (exact) mass is 436 g/mol. The maximum absolute atomic E-state index is 12.9. The zero-order valence-corrected chi connectivity index (χ0v) is 19.2. The second-order valence-electron chi connectivity index (χ2n) is 8.17. The van der Waals surface area contributed by atoms with Crippen molar-refractivity contribution < 1.29 is 4.79 Å². The maximum atomic E-state index is 12.9. The van der Waals surface area contributed by atoms with Gasteiger partial charge in [0, 0.05) is 23.5 Å². The van der Waals surface area contributed by atoms with Crippen molar-refractivity contribution in [2.45, 2.75) is 33.4 Å². The van der Waals surface area contributed by atoms with Crippen LogP contribution in [0.3, 0.4) is 0 Å². The van der Waals surface area contributed by atoms with Gasteiger partial charge >= 0.3 is 0 Å². The molecule has 0 aliphatic heterocycles. The number of hydrogen-bond acceptors (Lipinski definition) is 3. The van der Waals surface area contributed by atoms with Crippen molar-refractivity contribution in [3.05, 3.63) is 124 Å². The Labute approximate surface area is 194 Å². The number of hydrogen-bond donors (Lipinski definition) is 1. The van der Waals surface area contributed by atoms with E-state index in [4.69, 9.17) is 0 Å². The Hall–Kier alpha value is -3.99. The van der Waals surface area contributed by atoms with Gasteiger partial charge in [-0.3, -0.25) is 14.5 Å². The van der Waals surface area contributed by atoms with Gasteiger partial charge in [-0.25, -0.2) is 0 Å². The van der Waals surface area contributed by atoms with E-state index in [2.05, 4.69) is 46.6 Å². The summed E-state index contributed by atoms with van der Waals surface area (Å²) < 4.78 is 1.98. The first-order valence-corrected chi connectivity index (χ1v) is 11.1. The standard InChI is InChI=1S/C28H28N4O/c1-20-12-14-23(15-13-20)19-32-22(3)25(21(2)31-32)16-17-27(33)30-28(24-9-5-4-6-10-24)26-11-7-8-18-29-26/h4-18,28H,19H2,1-3H3,(H,30,33)/b17-16+. The van der Waals surface area contributed by atoms with Crippen LogP contribution in [0, 0.1) is 20.8 Å². The molecule has 0 bridgehead atoms. The lowest BCUT2D eigenvalue weighted by Gasteiger charge is -2.17. The molecule has 2 aromatic carbocycles. The number of amides is 1. The van der Waals surface area contributed by atoms with Crippen molar-refractivity contribution in [2.75, 3.05) is 0 Å². The Balaban J connectivity index is 1.52. The molecule has 4 rings (SSSR count). The second-order valence-corrected chi connectivity index (χ2v) is 8.17. The Morgan fingerprint density at radius 1 is 0.970 bits per heavy atom. The number of nitrogens with zero attached hydrogens (tertiary/aromatic N) is 3. The molecule has 0 fully saturated rings. The van der Waals surface area contributed by atoms with E-state index in [9.17, 15) is 4.79 Å². The third kappa shape index (κ3) is 5.44. The zero-order valence-electron chi connectivity index (χ0n) is 19.2. The van der Waals surface area contributed by atoms with Gasteiger partial charge in [-0.15, -0.1) is 0 Å². The fraction of sp³-hybridized carbons (Fsp3) is 0.179. The van der Waals surface area contributed by atoms with Gasteiger partial charge in [0.15, 0.2) is 0 Å². The lowest BCUT2D eigenvalue weighted by atomic mass is 10.0. The predicted molar refractivity (Wildman–Crippen MR) is 132 cm³/mol. The van der Waals surface area contributed by atoms with E-state index in [1.807, 2.05) is 73.1 Å². The number of carbonyl (C=O) groups excluding carboxylic acids is 1. The summed E-state index contributed by atoms with van der Waals surface area (Å²) >= 11 is 0. The molecule has 0 saturated carbocycles. The van der Waals surface area contributed by atoms with E-state index in [0.29, 0.717) is 6.54 Å². The largest absolute Gasteiger partial charge is 0.340 e. The Bertz CT molecular complexity index is 1200. The summed E-state index contributed by atoms with van der Waals surface area (Å²) in [6, 6.07) is 23.7. The Kier molecular flexibility index (Phi) is 6.79. The average molecular weight is 437 g/mol. The molecule has 2 aromatic heterocycles. The molecule has 0 saturated heterocycles. The number of carbonyl (C=O) groups is 1. The van der Waals surface area contributed by atoms with Crippen LogP contribution in [0.1, 0.15) is 45.4 Å². The molecule has 5 nitrogen and oxygen atoms in total. The van der Waals surface area contributed by atoms with Gasteiger partial charge < -0.3 is 5.32 Å². The lowest BCUT2D eigenvalue weighted by molar-refractivity contribution is -0.116. The zero-order chi connectivity index (χ0) is 23.2. The van der Waals surface area contributed by atoms with Crippen LogP contribution in [-0.2, 0) is 11.3 Å². The predicted octanol–water partition coefficient (Wildman–Crippen LogP) is 5.17. The van der Waals surface area contributed by atoms with Gasteiger partial charge in [-0.1, -0.05) is 66.2 Å². The highest BCUT2D eigenvalue weighted by molar-refractivity contribution is 5.92. The van der Waals surface area contributed by atoms with Crippen molar-refractivity contribution in [3.63, 3.8) is 0 Å². The van der Waals surface area contributed by atoms with Crippen molar-refractivity contribution in [1.29, 1.82) is 0 Å². The molecule has 1 N–H and O–H groups in total. The molecule has 0 radical (unpaired) electrons. The van der Waals surface area contributed by atoms with Gasteiger partial charge in [0.25, 0.3) is 0 Å². The smallest absolute Gasteiger partial charge is 0.244 e. The first-order valence-electron chi connectivity index (χ1n) is 11.1. The Morgan fingerprint density at radius 3 is 2.39 bits per heavy atom. The van der Waals surface area contributed by atoms with Crippen LogP contribution in [0.4, 0.5) is 0 Å². The van der Waals surface area contributed by atoms with Crippen molar-refractivity contribution in [2.24, 2.45) is 0 Å². The highest BCUT2D eigenvalue weighted by atomic mass is 16.1. The summed E-state index contributed by atoms with van der Waals surface area (Å²) in [6.45, 7) is 6.78. The first kappa shape index (κ1) is 22.2.